The smallest absolute Gasteiger partial charge is 0.251 e. The molecule has 1 rings (SSSR count). The third kappa shape index (κ3) is 4.53. The maximum absolute atomic E-state index is 13.0. The maximum Gasteiger partial charge on any atom is 0.251 e. The van der Waals surface area contributed by atoms with Gasteiger partial charge in [-0.25, -0.2) is 4.39 Å². The Hall–Kier alpha value is -1.42. The fraction of sp³-hybridized carbons (Fsp3) is 0.462. The molecular weight excluding hydrogens is 219 g/mol. The first-order valence-electron chi connectivity index (χ1n) is 5.70. The molecule has 4 heteroatoms. The number of rotatable bonds is 5. The van der Waals surface area contributed by atoms with Crippen molar-refractivity contribution in [2.24, 2.45) is 0 Å². The van der Waals surface area contributed by atoms with Crippen LogP contribution in [0.2, 0.25) is 0 Å². The molecule has 0 radical (unpaired) electrons. The number of hydrogen-bond acceptors (Lipinski definition) is 2. The second kappa shape index (κ2) is 6.35. The largest absolute Gasteiger partial charge is 0.352 e. The zero-order valence-electron chi connectivity index (χ0n) is 10.6. The highest BCUT2D eigenvalue weighted by Gasteiger charge is 2.06. The van der Waals surface area contributed by atoms with Gasteiger partial charge < -0.3 is 10.2 Å². The highest BCUT2D eigenvalue weighted by atomic mass is 19.1. The Kier molecular flexibility index (Phi) is 5.10. The zero-order valence-corrected chi connectivity index (χ0v) is 10.6. The van der Waals surface area contributed by atoms with Crippen LogP contribution in [0.1, 0.15) is 22.3 Å². The van der Waals surface area contributed by atoms with Crippen LogP contribution in [0.15, 0.2) is 18.2 Å². The van der Waals surface area contributed by atoms with Crippen molar-refractivity contribution in [1.29, 1.82) is 0 Å². The second-order valence-electron chi connectivity index (χ2n) is 4.38. The molecule has 17 heavy (non-hydrogen) atoms. The lowest BCUT2D eigenvalue weighted by atomic mass is 10.1. The third-order valence-corrected chi connectivity index (χ3v) is 2.49. The molecule has 0 saturated carbocycles. The Labute approximate surface area is 102 Å². The first-order valence-corrected chi connectivity index (χ1v) is 5.70. The van der Waals surface area contributed by atoms with Gasteiger partial charge in [-0.3, -0.25) is 4.79 Å². The molecule has 94 valence electrons. The van der Waals surface area contributed by atoms with E-state index in [4.69, 9.17) is 0 Å². The number of carbonyl (C=O) groups excluding carboxylic acids is 1. The van der Waals surface area contributed by atoms with Crippen LogP contribution in [-0.2, 0) is 0 Å². The lowest BCUT2D eigenvalue weighted by Gasteiger charge is -2.10. The summed E-state index contributed by atoms with van der Waals surface area (Å²) in [7, 11) is 3.98. The number of amides is 1. The monoisotopic (exact) mass is 238 g/mol. The summed E-state index contributed by atoms with van der Waals surface area (Å²) < 4.78 is 13.0. The summed E-state index contributed by atoms with van der Waals surface area (Å²) in [4.78, 5) is 13.8. The predicted molar refractivity (Wildman–Crippen MR) is 66.6 cm³/mol. The summed E-state index contributed by atoms with van der Waals surface area (Å²) in [6.45, 7) is 3.22. The minimum absolute atomic E-state index is 0.146. The van der Waals surface area contributed by atoms with Gasteiger partial charge in [0.15, 0.2) is 0 Å². The number of carbonyl (C=O) groups is 1. The summed E-state index contributed by atoms with van der Waals surface area (Å²) >= 11 is 0. The Balaban J connectivity index is 2.44. The Morgan fingerprint density at radius 3 is 2.71 bits per heavy atom. The third-order valence-electron chi connectivity index (χ3n) is 2.49. The van der Waals surface area contributed by atoms with Crippen molar-refractivity contribution in [2.75, 3.05) is 27.2 Å². The number of nitrogens with one attached hydrogen (secondary N) is 1. The van der Waals surface area contributed by atoms with Crippen LogP contribution in [0.5, 0.6) is 0 Å². The summed E-state index contributed by atoms with van der Waals surface area (Å²) in [5, 5.41) is 2.81. The van der Waals surface area contributed by atoms with Gasteiger partial charge >= 0.3 is 0 Å². The van der Waals surface area contributed by atoms with E-state index in [0.29, 0.717) is 17.7 Å². The first kappa shape index (κ1) is 13.6. The number of hydrogen-bond donors (Lipinski definition) is 1. The Bertz CT molecular complexity index is 391. The van der Waals surface area contributed by atoms with Crippen LogP contribution in [-0.4, -0.2) is 38.0 Å². The van der Waals surface area contributed by atoms with Crippen LogP contribution in [0.25, 0.3) is 0 Å². The van der Waals surface area contributed by atoms with E-state index < -0.39 is 0 Å². The molecule has 0 saturated heterocycles. The van der Waals surface area contributed by atoms with E-state index in [1.807, 2.05) is 14.1 Å². The molecule has 0 atom stereocenters. The average Bonchev–Trinajstić information content (AvgIpc) is 2.27. The van der Waals surface area contributed by atoms with Crippen LogP contribution >= 0.6 is 0 Å². The molecular formula is C13H19FN2O. The van der Waals surface area contributed by atoms with Gasteiger partial charge in [0.25, 0.3) is 5.91 Å². The molecule has 0 aliphatic rings. The van der Waals surface area contributed by atoms with Crippen LogP contribution in [0.3, 0.4) is 0 Å². The van der Waals surface area contributed by atoms with Gasteiger partial charge in [-0.2, -0.15) is 0 Å². The minimum atomic E-state index is -0.283. The Morgan fingerprint density at radius 1 is 1.41 bits per heavy atom. The molecule has 3 nitrogen and oxygen atoms in total. The van der Waals surface area contributed by atoms with Gasteiger partial charge in [-0.15, -0.1) is 0 Å². The van der Waals surface area contributed by atoms with Crippen molar-refractivity contribution in [2.45, 2.75) is 13.3 Å². The molecule has 0 heterocycles. The predicted octanol–water partition coefficient (Wildman–Crippen LogP) is 1.82. The second-order valence-corrected chi connectivity index (χ2v) is 4.38. The number of aryl methyl sites for hydroxylation is 1. The van der Waals surface area contributed by atoms with E-state index in [-0.39, 0.29) is 11.7 Å². The van der Waals surface area contributed by atoms with E-state index in [0.717, 1.165) is 13.0 Å². The van der Waals surface area contributed by atoms with Gasteiger partial charge in [0, 0.05) is 12.1 Å². The molecule has 0 aliphatic heterocycles. The molecule has 0 aliphatic carbocycles. The van der Waals surface area contributed by atoms with Gasteiger partial charge in [-0.05, 0) is 57.7 Å². The molecule has 0 unspecified atom stereocenters. The summed E-state index contributed by atoms with van der Waals surface area (Å²) in [5.41, 5.74) is 1.000. The highest BCUT2D eigenvalue weighted by Crippen LogP contribution is 2.08. The molecule has 1 N–H and O–H groups in total. The van der Waals surface area contributed by atoms with E-state index in [1.165, 1.54) is 12.1 Å². The average molecular weight is 238 g/mol. The Morgan fingerprint density at radius 2 is 2.12 bits per heavy atom. The van der Waals surface area contributed by atoms with Crippen molar-refractivity contribution >= 4 is 5.91 Å². The van der Waals surface area contributed by atoms with Crippen LogP contribution < -0.4 is 5.32 Å². The van der Waals surface area contributed by atoms with Crippen molar-refractivity contribution in [3.63, 3.8) is 0 Å². The summed E-state index contributed by atoms with van der Waals surface area (Å²) in [5.74, 6) is -0.430. The fourth-order valence-electron chi connectivity index (χ4n) is 1.49. The van der Waals surface area contributed by atoms with E-state index in [2.05, 4.69) is 10.2 Å². The van der Waals surface area contributed by atoms with Crippen molar-refractivity contribution < 1.29 is 9.18 Å². The van der Waals surface area contributed by atoms with Crippen LogP contribution in [0.4, 0.5) is 4.39 Å². The van der Waals surface area contributed by atoms with Crippen molar-refractivity contribution in [3.05, 3.63) is 35.1 Å². The molecule has 0 fully saturated rings. The normalized spacial score (nSPS) is 10.6. The molecule has 0 bridgehead atoms. The molecule has 1 amide bonds. The highest BCUT2D eigenvalue weighted by molar-refractivity contribution is 5.94. The van der Waals surface area contributed by atoms with E-state index in [9.17, 15) is 9.18 Å². The molecule has 0 spiro atoms. The van der Waals surface area contributed by atoms with E-state index >= 15 is 0 Å². The SMILES string of the molecule is Cc1cc(C(=O)NCCCN(C)C)ccc1F. The van der Waals surface area contributed by atoms with Crippen LogP contribution in [0, 0.1) is 12.7 Å². The van der Waals surface area contributed by atoms with E-state index in [1.54, 1.807) is 13.0 Å². The molecule has 1 aromatic rings. The van der Waals surface area contributed by atoms with Crippen molar-refractivity contribution in [1.82, 2.24) is 10.2 Å². The number of benzene rings is 1. The zero-order chi connectivity index (χ0) is 12.8. The first-order chi connectivity index (χ1) is 8.00. The quantitative estimate of drug-likeness (QED) is 0.794. The maximum atomic E-state index is 13.0. The fourth-order valence-corrected chi connectivity index (χ4v) is 1.49. The van der Waals surface area contributed by atoms with Gasteiger partial charge in [0.2, 0.25) is 0 Å². The standard InChI is InChI=1S/C13H19FN2O/c1-10-9-11(5-6-12(10)14)13(17)15-7-4-8-16(2)3/h5-6,9H,4,7-8H2,1-3H3,(H,15,17). The van der Waals surface area contributed by atoms with Gasteiger partial charge in [0.1, 0.15) is 5.82 Å². The number of halogens is 1. The molecule has 0 aromatic heterocycles. The summed E-state index contributed by atoms with van der Waals surface area (Å²) in [6, 6.07) is 4.39. The summed E-state index contributed by atoms with van der Waals surface area (Å²) in [6.07, 6.45) is 0.902. The van der Waals surface area contributed by atoms with Gasteiger partial charge in [0.05, 0.1) is 0 Å². The number of nitrogens with zero attached hydrogens (tertiary/aromatic N) is 1. The lowest BCUT2D eigenvalue weighted by molar-refractivity contribution is 0.0952. The molecule has 1 aromatic carbocycles. The topological polar surface area (TPSA) is 32.3 Å². The van der Waals surface area contributed by atoms with Crippen molar-refractivity contribution in [3.8, 4) is 0 Å². The lowest BCUT2D eigenvalue weighted by Crippen LogP contribution is -2.27. The minimum Gasteiger partial charge on any atom is -0.352 e. The van der Waals surface area contributed by atoms with Gasteiger partial charge in [-0.1, -0.05) is 0 Å².